The lowest BCUT2D eigenvalue weighted by molar-refractivity contribution is -0.116. The number of aliphatic hydroxyl groups excluding tert-OH is 3. The predicted octanol–water partition coefficient (Wildman–Crippen LogP) is 0.804. The lowest BCUT2D eigenvalue weighted by Gasteiger charge is -2.21. The quantitative estimate of drug-likeness (QED) is 0.349. The molecule has 184 valence electrons. The van der Waals surface area contributed by atoms with Crippen LogP contribution in [0.4, 0.5) is 0 Å². The normalized spacial score (nSPS) is 33.6. The first-order valence-corrected chi connectivity index (χ1v) is 11.1. The fourth-order valence-electron chi connectivity index (χ4n) is 3.94. The van der Waals surface area contributed by atoms with Gasteiger partial charge in [-0.1, -0.05) is 29.8 Å². The Bertz CT molecular complexity index is 1020. The van der Waals surface area contributed by atoms with E-state index < -0.39 is 54.8 Å². The second kappa shape index (κ2) is 10.0. The highest BCUT2D eigenvalue weighted by atomic mass is 35.5. The molecule has 0 spiro atoms. The van der Waals surface area contributed by atoms with Crippen LogP contribution in [0.1, 0.15) is 29.3 Å². The van der Waals surface area contributed by atoms with Crippen LogP contribution < -0.4 is 4.74 Å². The van der Waals surface area contributed by atoms with Gasteiger partial charge in [-0.2, -0.15) is 0 Å². The first-order chi connectivity index (χ1) is 16.2. The van der Waals surface area contributed by atoms with Crippen molar-refractivity contribution in [1.29, 1.82) is 0 Å². The molecule has 0 unspecified atom stereocenters. The molecule has 0 radical (unpaired) electrons. The number of epoxide rings is 1. The summed E-state index contributed by atoms with van der Waals surface area (Å²) in [7, 11) is 0. The van der Waals surface area contributed by atoms with E-state index in [0.717, 1.165) is 6.07 Å². The van der Waals surface area contributed by atoms with E-state index in [4.69, 9.17) is 30.5 Å². The van der Waals surface area contributed by atoms with Crippen molar-refractivity contribution >= 4 is 23.4 Å². The molecular weight excluding hydrogens is 472 g/mol. The van der Waals surface area contributed by atoms with Gasteiger partial charge in [0.05, 0.1) is 17.7 Å². The summed E-state index contributed by atoms with van der Waals surface area (Å²) in [5, 5.41) is 39.8. The van der Waals surface area contributed by atoms with Crippen LogP contribution in [-0.4, -0.2) is 81.7 Å². The Hall–Kier alpha value is -2.47. The molecule has 2 saturated heterocycles. The highest BCUT2D eigenvalue weighted by Gasteiger charge is 2.44. The molecule has 3 heterocycles. The Kier molecular flexibility index (Phi) is 7.27. The zero-order valence-electron chi connectivity index (χ0n) is 18.2. The van der Waals surface area contributed by atoms with Crippen LogP contribution in [-0.2, 0) is 25.4 Å². The third-order valence-corrected chi connectivity index (χ3v) is 6.21. The number of ether oxygens (including phenoxy) is 4. The largest absolute Gasteiger partial charge is 0.507 e. The SMILES string of the molecule is C[C@@H]1C[C@@H]2O[C@@H]2C=CC=CC(=O)Cc2c(Cl)c(O[C@H]3O[C@H](CO)[C@@H](O)[C@@H]3O)cc(O)c2C(=O)O1. The minimum atomic E-state index is -1.51. The van der Waals surface area contributed by atoms with E-state index >= 15 is 0 Å². The van der Waals surface area contributed by atoms with E-state index in [0.29, 0.717) is 6.42 Å². The van der Waals surface area contributed by atoms with Crippen molar-refractivity contribution in [2.75, 3.05) is 6.61 Å². The van der Waals surface area contributed by atoms with Crippen LogP contribution >= 0.6 is 11.6 Å². The molecule has 11 heteroatoms. The molecule has 4 rings (SSSR count). The van der Waals surface area contributed by atoms with E-state index in [2.05, 4.69) is 0 Å². The van der Waals surface area contributed by atoms with E-state index in [9.17, 15) is 30.0 Å². The number of fused-ring (bicyclic) bond motifs is 2. The number of cyclic esters (lactones) is 1. The number of phenolic OH excluding ortho intramolecular Hbond substituents is 1. The molecule has 3 aliphatic heterocycles. The van der Waals surface area contributed by atoms with Gasteiger partial charge in [0.15, 0.2) is 5.78 Å². The third-order valence-electron chi connectivity index (χ3n) is 5.79. The topological polar surface area (TPSA) is 155 Å². The molecule has 1 aromatic carbocycles. The maximum absolute atomic E-state index is 12.9. The van der Waals surface area contributed by atoms with E-state index in [1.807, 2.05) is 0 Å². The summed E-state index contributed by atoms with van der Waals surface area (Å²) in [6.07, 6.45) is 0.217. The minimum Gasteiger partial charge on any atom is -0.507 e. The molecule has 7 atom stereocenters. The van der Waals surface area contributed by atoms with Crippen LogP contribution in [0.15, 0.2) is 30.4 Å². The highest BCUT2D eigenvalue weighted by molar-refractivity contribution is 6.33. The maximum Gasteiger partial charge on any atom is 0.342 e. The molecule has 0 amide bonds. The number of benzene rings is 1. The van der Waals surface area contributed by atoms with Gasteiger partial charge in [0, 0.05) is 24.5 Å². The Balaban J connectivity index is 1.68. The van der Waals surface area contributed by atoms with Crippen LogP contribution in [0.3, 0.4) is 0 Å². The van der Waals surface area contributed by atoms with Gasteiger partial charge < -0.3 is 39.4 Å². The van der Waals surface area contributed by atoms with Gasteiger partial charge in [0.1, 0.15) is 47.6 Å². The summed E-state index contributed by atoms with van der Waals surface area (Å²) < 4.78 is 21.8. The first-order valence-electron chi connectivity index (χ1n) is 10.8. The molecule has 0 bridgehead atoms. The van der Waals surface area contributed by atoms with Crippen molar-refractivity contribution in [1.82, 2.24) is 0 Å². The van der Waals surface area contributed by atoms with Crippen LogP contribution in [0.5, 0.6) is 11.5 Å². The first kappa shape index (κ1) is 24.6. The van der Waals surface area contributed by atoms with Gasteiger partial charge in [-0.05, 0) is 13.0 Å². The zero-order valence-corrected chi connectivity index (χ0v) is 18.9. The van der Waals surface area contributed by atoms with Crippen molar-refractivity contribution < 1.29 is 49.0 Å². The molecule has 3 aliphatic rings. The number of hydrogen-bond acceptors (Lipinski definition) is 10. The van der Waals surface area contributed by atoms with Gasteiger partial charge in [-0.3, -0.25) is 4.79 Å². The van der Waals surface area contributed by atoms with Gasteiger partial charge in [-0.15, -0.1) is 0 Å². The molecule has 34 heavy (non-hydrogen) atoms. The summed E-state index contributed by atoms with van der Waals surface area (Å²) >= 11 is 6.48. The van der Waals surface area contributed by atoms with Gasteiger partial charge in [0.25, 0.3) is 0 Å². The Morgan fingerprint density at radius 3 is 2.65 bits per heavy atom. The number of esters is 1. The monoisotopic (exact) mass is 496 g/mol. The van der Waals surface area contributed by atoms with Crippen molar-refractivity contribution in [3.8, 4) is 11.5 Å². The van der Waals surface area contributed by atoms with Crippen LogP contribution in [0, 0.1) is 0 Å². The number of halogens is 1. The average molecular weight is 497 g/mol. The minimum absolute atomic E-state index is 0.0307. The van der Waals surface area contributed by atoms with Crippen molar-refractivity contribution in [2.24, 2.45) is 0 Å². The summed E-state index contributed by atoms with van der Waals surface area (Å²) in [5.74, 6) is -2.03. The Morgan fingerprint density at radius 1 is 1.18 bits per heavy atom. The highest BCUT2D eigenvalue weighted by Crippen LogP contribution is 2.40. The Labute approximate surface area is 199 Å². The Morgan fingerprint density at radius 2 is 1.94 bits per heavy atom. The summed E-state index contributed by atoms with van der Waals surface area (Å²) in [4.78, 5) is 25.5. The number of ketones is 1. The molecule has 10 nitrogen and oxygen atoms in total. The number of aliphatic hydroxyl groups is 3. The maximum atomic E-state index is 12.9. The second-order valence-corrected chi connectivity index (χ2v) is 8.74. The van der Waals surface area contributed by atoms with Gasteiger partial charge in [-0.25, -0.2) is 4.79 Å². The average Bonchev–Trinajstić information content (AvgIpc) is 3.46. The summed E-state index contributed by atoms with van der Waals surface area (Å²) in [6.45, 7) is 1.13. The zero-order chi connectivity index (χ0) is 24.6. The van der Waals surface area contributed by atoms with Gasteiger partial charge in [0.2, 0.25) is 6.29 Å². The number of carbonyl (C=O) groups is 2. The van der Waals surface area contributed by atoms with Gasteiger partial charge >= 0.3 is 5.97 Å². The number of carbonyl (C=O) groups excluding carboxylic acids is 2. The fraction of sp³-hybridized carbons (Fsp3) is 0.478. The molecule has 0 aromatic heterocycles. The lowest BCUT2D eigenvalue weighted by Crippen LogP contribution is -2.35. The molecular formula is C23H25ClO10. The summed E-state index contributed by atoms with van der Waals surface area (Å²) in [5.41, 5.74) is -0.315. The van der Waals surface area contributed by atoms with Crippen LogP contribution in [0.2, 0.25) is 5.02 Å². The number of aromatic hydroxyl groups is 1. The molecule has 1 aromatic rings. The van der Waals surface area contributed by atoms with E-state index in [-0.39, 0.29) is 40.5 Å². The molecule has 2 fully saturated rings. The lowest BCUT2D eigenvalue weighted by atomic mass is 9.99. The second-order valence-electron chi connectivity index (χ2n) is 8.36. The smallest absolute Gasteiger partial charge is 0.342 e. The number of rotatable bonds is 3. The summed E-state index contributed by atoms with van der Waals surface area (Å²) in [6, 6.07) is 1.04. The van der Waals surface area contributed by atoms with E-state index in [1.54, 1.807) is 25.2 Å². The fourth-order valence-corrected chi connectivity index (χ4v) is 4.20. The third kappa shape index (κ3) is 5.12. The van der Waals surface area contributed by atoms with Crippen molar-refractivity contribution in [3.63, 3.8) is 0 Å². The molecule has 4 N–H and O–H groups in total. The predicted molar refractivity (Wildman–Crippen MR) is 117 cm³/mol. The van der Waals surface area contributed by atoms with Crippen molar-refractivity contribution in [3.05, 3.63) is 46.5 Å². The number of phenols is 1. The van der Waals surface area contributed by atoms with Crippen molar-refractivity contribution in [2.45, 2.75) is 62.7 Å². The molecule has 0 saturated carbocycles. The molecule has 0 aliphatic carbocycles. The number of allylic oxidation sites excluding steroid dienone is 3. The number of hydrogen-bond donors (Lipinski definition) is 4. The van der Waals surface area contributed by atoms with E-state index in [1.165, 1.54) is 6.08 Å². The standard InChI is InChI=1S/C23H25ClO10/c1-10-6-15-14(32-15)5-3-2-4-11(26)7-12-18(22(30)31-10)13(27)8-16(19(12)24)33-23-21(29)20(28)17(9-25)34-23/h2-5,8,10,14-15,17,20-21,23,25,27-29H,6-7,9H2,1H3/t10-,14-,15+,17-,20-,21+,23+/m1/s1. The van der Waals surface area contributed by atoms with Crippen LogP contribution in [0.25, 0.3) is 0 Å².